The van der Waals surface area contributed by atoms with Crippen LogP contribution in [-0.2, 0) is 5.88 Å². The number of fused-ring (bicyclic) bond motifs is 1. The van der Waals surface area contributed by atoms with Crippen LogP contribution in [0, 0.1) is 0 Å². The summed E-state index contributed by atoms with van der Waals surface area (Å²) in [6.45, 7) is 0.247. The predicted octanol–water partition coefficient (Wildman–Crippen LogP) is 1.13. The molecule has 82 valence electrons. The van der Waals surface area contributed by atoms with Gasteiger partial charge < -0.3 is 9.47 Å². The zero-order valence-corrected chi connectivity index (χ0v) is 8.89. The highest BCUT2D eigenvalue weighted by Crippen LogP contribution is 2.33. The lowest BCUT2D eigenvalue weighted by Gasteiger charge is -2.03. The Labute approximate surface area is 95.7 Å². The molecule has 1 aliphatic rings. The molecule has 2 aromatic rings. The molecule has 0 N–H and O–H groups in total. The van der Waals surface area contributed by atoms with E-state index in [1.165, 1.54) is 0 Å². The van der Waals surface area contributed by atoms with Crippen molar-refractivity contribution in [2.24, 2.45) is 0 Å². The second-order valence-corrected chi connectivity index (χ2v) is 3.45. The smallest absolute Gasteiger partial charge is 0.231 e. The highest BCUT2D eigenvalue weighted by Gasteiger charge is 2.15. The van der Waals surface area contributed by atoms with Gasteiger partial charge in [0.15, 0.2) is 17.3 Å². The standard InChI is InChI=1S/C9H7ClN4O2/c10-4-9-11-12-13-14(9)6-1-2-7-8(3-6)16-5-15-7/h1-3H,4-5H2. The van der Waals surface area contributed by atoms with Gasteiger partial charge in [0.25, 0.3) is 0 Å². The molecule has 1 aromatic carbocycles. The summed E-state index contributed by atoms with van der Waals surface area (Å²) in [7, 11) is 0. The fourth-order valence-corrected chi connectivity index (χ4v) is 1.67. The van der Waals surface area contributed by atoms with E-state index in [9.17, 15) is 0 Å². The normalized spacial score (nSPS) is 13.1. The van der Waals surface area contributed by atoms with Gasteiger partial charge in [-0.15, -0.1) is 16.7 Å². The highest BCUT2D eigenvalue weighted by atomic mass is 35.5. The van der Waals surface area contributed by atoms with Crippen molar-refractivity contribution in [2.45, 2.75) is 5.88 Å². The van der Waals surface area contributed by atoms with E-state index in [1.54, 1.807) is 4.68 Å². The third-order valence-corrected chi connectivity index (χ3v) is 2.49. The number of ether oxygens (including phenoxy) is 2. The first-order chi connectivity index (χ1) is 7.88. The number of tetrazole rings is 1. The summed E-state index contributed by atoms with van der Waals surface area (Å²) in [5.74, 6) is 2.25. The second-order valence-electron chi connectivity index (χ2n) is 3.18. The number of aromatic nitrogens is 4. The lowest BCUT2D eigenvalue weighted by atomic mass is 10.3. The Kier molecular flexibility index (Phi) is 2.14. The molecule has 0 saturated carbocycles. The van der Waals surface area contributed by atoms with Crippen molar-refractivity contribution < 1.29 is 9.47 Å². The highest BCUT2D eigenvalue weighted by molar-refractivity contribution is 6.16. The summed E-state index contributed by atoms with van der Waals surface area (Å²) in [5, 5.41) is 11.2. The Hall–Kier alpha value is -1.82. The van der Waals surface area contributed by atoms with E-state index in [2.05, 4.69) is 15.5 Å². The van der Waals surface area contributed by atoms with Crippen LogP contribution in [0.4, 0.5) is 0 Å². The van der Waals surface area contributed by atoms with E-state index < -0.39 is 0 Å². The summed E-state index contributed by atoms with van der Waals surface area (Å²) in [6, 6.07) is 5.48. The Bertz CT molecular complexity index is 528. The molecule has 6 nitrogen and oxygen atoms in total. The lowest BCUT2D eigenvalue weighted by Crippen LogP contribution is -2.01. The first-order valence-corrected chi connectivity index (χ1v) is 5.15. The van der Waals surface area contributed by atoms with Gasteiger partial charge in [0, 0.05) is 6.07 Å². The molecule has 16 heavy (non-hydrogen) atoms. The predicted molar refractivity (Wildman–Crippen MR) is 54.8 cm³/mol. The van der Waals surface area contributed by atoms with Crippen LogP contribution < -0.4 is 9.47 Å². The lowest BCUT2D eigenvalue weighted by molar-refractivity contribution is 0.174. The van der Waals surface area contributed by atoms with Crippen molar-refractivity contribution in [3.05, 3.63) is 24.0 Å². The second kappa shape index (κ2) is 3.64. The van der Waals surface area contributed by atoms with Gasteiger partial charge in [-0.1, -0.05) is 0 Å². The Morgan fingerprint density at radius 1 is 1.31 bits per heavy atom. The van der Waals surface area contributed by atoms with E-state index in [4.69, 9.17) is 21.1 Å². The average molecular weight is 239 g/mol. The summed E-state index contributed by atoms with van der Waals surface area (Å²) < 4.78 is 12.1. The Morgan fingerprint density at radius 2 is 2.19 bits per heavy atom. The van der Waals surface area contributed by atoms with Gasteiger partial charge in [0.2, 0.25) is 6.79 Å². The Balaban J connectivity index is 2.07. The molecule has 0 unspecified atom stereocenters. The van der Waals surface area contributed by atoms with Gasteiger partial charge in [0.05, 0.1) is 11.6 Å². The molecule has 3 rings (SSSR count). The summed E-state index contributed by atoms with van der Waals surface area (Å²) in [6.07, 6.45) is 0. The van der Waals surface area contributed by atoms with Gasteiger partial charge >= 0.3 is 0 Å². The van der Waals surface area contributed by atoms with Crippen molar-refractivity contribution in [2.75, 3.05) is 6.79 Å². The number of nitrogens with zero attached hydrogens (tertiary/aromatic N) is 4. The minimum absolute atomic E-state index is 0.247. The minimum Gasteiger partial charge on any atom is -0.454 e. The van der Waals surface area contributed by atoms with E-state index >= 15 is 0 Å². The zero-order valence-electron chi connectivity index (χ0n) is 8.13. The largest absolute Gasteiger partial charge is 0.454 e. The number of hydrogen-bond donors (Lipinski definition) is 0. The van der Waals surface area contributed by atoms with Crippen molar-refractivity contribution in [3.63, 3.8) is 0 Å². The van der Waals surface area contributed by atoms with Crippen LogP contribution >= 0.6 is 11.6 Å². The monoisotopic (exact) mass is 238 g/mol. The molecule has 0 fully saturated rings. The average Bonchev–Trinajstić information content (AvgIpc) is 2.96. The van der Waals surface area contributed by atoms with E-state index in [0.29, 0.717) is 11.6 Å². The van der Waals surface area contributed by atoms with Gasteiger partial charge in [-0.25, -0.2) is 0 Å². The SMILES string of the molecule is ClCc1nnnn1-c1ccc2c(c1)OCO2. The van der Waals surface area contributed by atoms with E-state index in [1.807, 2.05) is 18.2 Å². The number of alkyl halides is 1. The maximum absolute atomic E-state index is 5.72. The topological polar surface area (TPSA) is 62.1 Å². The minimum atomic E-state index is 0.247. The van der Waals surface area contributed by atoms with Crippen molar-refractivity contribution >= 4 is 11.6 Å². The molecule has 0 spiro atoms. The van der Waals surface area contributed by atoms with Crippen LogP contribution in [0.5, 0.6) is 11.5 Å². The van der Waals surface area contributed by atoms with Gasteiger partial charge in [-0.05, 0) is 22.6 Å². The van der Waals surface area contributed by atoms with Gasteiger partial charge in [-0.3, -0.25) is 0 Å². The molecule has 0 bridgehead atoms. The van der Waals surface area contributed by atoms with E-state index in [0.717, 1.165) is 11.4 Å². The molecule has 2 heterocycles. The van der Waals surface area contributed by atoms with Gasteiger partial charge in [-0.2, -0.15) is 4.68 Å². The first-order valence-electron chi connectivity index (χ1n) is 4.62. The zero-order chi connectivity index (χ0) is 11.0. The van der Waals surface area contributed by atoms with E-state index in [-0.39, 0.29) is 12.7 Å². The maximum atomic E-state index is 5.72. The molecule has 1 aliphatic heterocycles. The molecule has 0 saturated heterocycles. The third-order valence-electron chi connectivity index (χ3n) is 2.25. The van der Waals surface area contributed by atoms with Gasteiger partial charge in [0.1, 0.15) is 0 Å². The molecule has 0 radical (unpaired) electrons. The van der Waals surface area contributed by atoms with Crippen molar-refractivity contribution in [1.29, 1.82) is 0 Å². The Morgan fingerprint density at radius 3 is 3.06 bits per heavy atom. The summed E-state index contributed by atoms with van der Waals surface area (Å²) in [5.41, 5.74) is 0.796. The van der Waals surface area contributed by atoms with Crippen LogP contribution in [0.2, 0.25) is 0 Å². The van der Waals surface area contributed by atoms with Crippen LogP contribution in [0.3, 0.4) is 0 Å². The molecule has 0 aliphatic carbocycles. The van der Waals surface area contributed by atoms with Crippen molar-refractivity contribution in [3.8, 4) is 17.2 Å². The summed E-state index contributed by atoms with van der Waals surface area (Å²) in [4.78, 5) is 0. The van der Waals surface area contributed by atoms with Crippen LogP contribution in [0.1, 0.15) is 5.82 Å². The molecule has 0 atom stereocenters. The number of halogens is 1. The number of rotatable bonds is 2. The quantitative estimate of drug-likeness (QED) is 0.734. The van der Waals surface area contributed by atoms with Crippen LogP contribution in [-0.4, -0.2) is 27.0 Å². The molecule has 1 aromatic heterocycles. The summed E-state index contributed by atoms with van der Waals surface area (Å²) >= 11 is 5.72. The van der Waals surface area contributed by atoms with Crippen molar-refractivity contribution in [1.82, 2.24) is 20.2 Å². The molecular weight excluding hydrogens is 232 g/mol. The number of hydrogen-bond acceptors (Lipinski definition) is 5. The first kappa shape index (κ1) is 9.41. The molecular formula is C9H7ClN4O2. The third kappa shape index (κ3) is 1.38. The van der Waals surface area contributed by atoms with Crippen LogP contribution in [0.15, 0.2) is 18.2 Å². The van der Waals surface area contributed by atoms with Crippen LogP contribution in [0.25, 0.3) is 5.69 Å². The molecule has 7 heteroatoms. The fourth-order valence-electron chi connectivity index (χ4n) is 1.51. The maximum Gasteiger partial charge on any atom is 0.231 e. The fraction of sp³-hybridized carbons (Fsp3) is 0.222. The molecule has 0 amide bonds. The number of benzene rings is 1.